The smallest absolute Gasteiger partial charge is 0.132 e. The summed E-state index contributed by atoms with van der Waals surface area (Å²) in [5.74, 6) is 0.828. The third-order valence-corrected chi connectivity index (χ3v) is 3.07. The fraction of sp³-hybridized carbons (Fsp3) is 0.250. The van der Waals surface area contributed by atoms with Crippen LogP contribution >= 0.6 is 0 Å². The van der Waals surface area contributed by atoms with Crippen LogP contribution in [0.2, 0.25) is 0 Å². The summed E-state index contributed by atoms with van der Waals surface area (Å²) in [5, 5.41) is 0. The first kappa shape index (κ1) is 14.3. The van der Waals surface area contributed by atoms with Crippen molar-refractivity contribution in [1.29, 1.82) is 0 Å². The summed E-state index contributed by atoms with van der Waals surface area (Å²) in [6.45, 7) is 2.49. The lowest BCUT2D eigenvalue weighted by molar-refractivity contribution is 0.339. The van der Waals surface area contributed by atoms with Gasteiger partial charge in [-0.15, -0.1) is 0 Å². The van der Waals surface area contributed by atoms with Gasteiger partial charge < -0.3 is 15.2 Å². The maximum Gasteiger partial charge on any atom is 0.132 e. The maximum absolute atomic E-state index is 14.0. The van der Waals surface area contributed by atoms with Crippen molar-refractivity contribution < 1.29 is 13.9 Å². The Labute approximate surface area is 118 Å². The molecule has 0 aliphatic carbocycles. The monoisotopic (exact) mass is 275 g/mol. The molecule has 20 heavy (non-hydrogen) atoms. The molecule has 0 aliphatic heterocycles. The van der Waals surface area contributed by atoms with Crippen LogP contribution in [-0.2, 0) is 0 Å². The summed E-state index contributed by atoms with van der Waals surface area (Å²) in [7, 11) is 1.50. The largest absolute Gasteiger partial charge is 0.497 e. The van der Waals surface area contributed by atoms with Crippen LogP contribution < -0.4 is 15.2 Å². The van der Waals surface area contributed by atoms with E-state index in [2.05, 4.69) is 0 Å². The van der Waals surface area contributed by atoms with E-state index in [0.717, 1.165) is 11.3 Å². The van der Waals surface area contributed by atoms with Gasteiger partial charge in [0.15, 0.2) is 0 Å². The molecule has 2 aromatic carbocycles. The van der Waals surface area contributed by atoms with Gasteiger partial charge in [0.2, 0.25) is 0 Å². The van der Waals surface area contributed by atoms with Gasteiger partial charge in [-0.1, -0.05) is 18.2 Å². The van der Waals surface area contributed by atoms with Crippen molar-refractivity contribution in [1.82, 2.24) is 0 Å². The number of halogens is 1. The Morgan fingerprint density at radius 1 is 1.15 bits per heavy atom. The molecule has 0 aromatic heterocycles. The second-order valence-electron chi connectivity index (χ2n) is 4.37. The normalized spacial score (nSPS) is 12.0. The molecular formula is C16H18FNO2. The number of hydrogen-bond donors (Lipinski definition) is 1. The minimum atomic E-state index is -0.540. The van der Waals surface area contributed by atoms with Crippen molar-refractivity contribution in [2.45, 2.75) is 13.0 Å². The van der Waals surface area contributed by atoms with Gasteiger partial charge in [-0.05, 0) is 30.7 Å². The van der Waals surface area contributed by atoms with Crippen LogP contribution in [0.5, 0.6) is 11.5 Å². The van der Waals surface area contributed by atoms with E-state index in [4.69, 9.17) is 15.2 Å². The Morgan fingerprint density at radius 2 is 1.95 bits per heavy atom. The fourth-order valence-corrected chi connectivity index (χ4v) is 2.03. The van der Waals surface area contributed by atoms with Crippen LogP contribution in [0.1, 0.15) is 24.1 Å². The summed E-state index contributed by atoms with van der Waals surface area (Å²) < 4.78 is 24.4. The SMILES string of the molecule is CCOc1cccc(C(N)c2ccc(OC)cc2F)c1. The Bertz CT molecular complexity index is 586. The highest BCUT2D eigenvalue weighted by Crippen LogP contribution is 2.27. The van der Waals surface area contributed by atoms with Crippen molar-refractivity contribution in [3.63, 3.8) is 0 Å². The Hall–Kier alpha value is -2.07. The average Bonchev–Trinajstić information content (AvgIpc) is 2.47. The van der Waals surface area contributed by atoms with E-state index in [1.54, 1.807) is 12.1 Å². The van der Waals surface area contributed by atoms with Crippen LogP contribution in [-0.4, -0.2) is 13.7 Å². The van der Waals surface area contributed by atoms with E-state index < -0.39 is 6.04 Å². The molecule has 0 aliphatic rings. The Balaban J connectivity index is 2.30. The van der Waals surface area contributed by atoms with Crippen molar-refractivity contribution in [3.8, 4) is 11.5 Å². The minimum Gasteiger partial charge on any atom is -0.497 e. The Kier molecular flexibility index (Phi) is 4.58. The van der Waals surface area contributed by atoms with Gasteiger partial charge in [0.1, 0.15) is 17.3 Å². The molecule has 2 aromatic rings. The molecule has 1 atom stereocenters. The molecule has 0 saturated carbocycles. The molecular weight excluding hydrogens is 257 g/mol. The van der Waals surface area contributed by atoms with E-state index in [1.807, 2.05) is 31.2 Å². The summed E-state index contributed by atoms with van der Waals surface area (Å²) in [6.07, 6.45) is 0. The standard InChI is InChI=1S/C16H18FNO2/c1-3-20-13-6-4-5-11(9-13)16(18)14-8-7-12(19-2)10-15(14)17/h4-10,16H,3,18H2,1-2H3. The highest BCUT2D eigenvalue weighted by Gasteiger charge is 2.15. The molecule has 0 bridgehead atoms. The highest BCUT2D eigenvalue weighted by atomic mass is 19.1. The van der Waals surface area contributed by atoms with Gasteiger partial charge >= 0.3 is 0 Å². The first-order chi connectivity index (χ1) is 9.65. The van der Waals surface area contributed by atoms with Crippen LogP contribution in [0.15, 0.2) is 42.5 Å². The number of nitrogens with two attached hydrogens (primary N) is 1. The number of hydrogen-bond acceptors (Lipinski definition) is 3. The van der Waals surface area contributed by atoms with Crippen molar-refractivity contribution in [2.24, 2.45) is 5.73 Å². The second kappa shape index (κ2) is 6.39. The van der Waals surface area contributed by atoms with E-state index in [1.165, 1.54) is 13.2 Å². The van der Waals surface area contributed by atoms with Gasteiger partial charge in [-0.3, -0.25) is 0 Å². The van der Waals surface area contributed by atoms with Crippen molar-refractivity contribution in [2.75, 3.05) is 13.7 Å². The quantitative estimate of drug-likeness (QED) is 0.910. The summed E-state index contributed by atoms with van der Waals surface area (Å²) >= 11 is 0. The molecule has 106 valence electrons. The summed E-state index contributed by atoms with van der Waals surface area (Å²) in [5.41, 5.74) is 7.37. The molecule has 2 N–H and O–H groups in total. The van der Waals surface area contributed by atoms with Crippen molar-refractivity contribution >= 4 is 0 Å². The van der Waals surface area contributed by atoms with Gasteiger partial charge in [-0.25, -0.2) is 4.39 Å². The van der Waals surface area contributed by atoms with Gasteiger partial charge in [0.05, 0.1) is 19.8 Å². The molecule has 0 radical (unpaired) electrons. The number of ether oxygens (including phenoxy) is 2. The fourth-order valence-electron chi connectivity index (χ4n) is 2.03. The average molecular weight is 275 g/mol. The third-order valence-electron chi connectivity index (χ3n) is 3.07. The van der Waals surface area contributed by atoms with E-state index in [9.17, 15) is 4.39 Å². The molecule has 4 heteroatoms. The summed E-state index contributed by atoms with van der Waals surface area (Å²) in [4.78, 5) is 0. The number of benzene rings is 2. The zero-order valence-corrected chi connectivity index (χ0v) is 11.6. The van der Waals surface area contributed by atoms with E-state index in [-0.39, 0.29) is 5.82 Å². The molecule has 0 amide bonds. The summed E-state index contributed by atoms with van der Waals surface area (Å²) in [6, 6.07) is 11.5. The lowest BCUT2D eigenvalue weighted by Crippen LogP contribution is -2.13. The topological polar surface area (TPSA) is 44.5 Å². The van der Waals surface area contributed by atoms with Crippen molar-refractivity contribution in [3.05, 3.63) is 59.4 Å². The number of rotatable bonds is 5. The first-order valence-corrected chi connectivity index (χ1v) is 6.47. The predicted molar refractivity (Wildman–Crippen MR) is 76.6 cm³/mol. The minimum absolute atomic E-state index is 0.376. The van der Waals surface area contributed by atoms with Crippen LogP contribution in [0, 0.1) is 5.82 Å². The Morgan fingerprint density at radius 3 is 2.60 bits per heavy atom. The predicted octanol–water partition coefficient (Wildman–Crippen LogP) is 3.28. The van der Waals surface area contributed by atoms with E-state index >= 15 is 0 Å². The van der Waals surface area contributed by atoms with Crippen LogP contribution in [0.25, 0.3) is 0 Å². The zero-order chi connectivity index (χ0) is 14.5. The van der Waals surface area contributed by atoms with Gasteiger partial charge in [0.25, 0.3) is 0 Å². The van der Waals surface area contributed by atoms with E-state index in [0.29, 0.717) is 17.9 Å². The maximum atomic E-state index is 14.0. The van der Waals surface area contributed by atoms with Gasteiger partial charge in [-0.2, -0.15) is 0 Å². The molecule has 1 unspecified atom stereocenters. The highest BCUT2D eigenvalue weighted by molar-refractivity contribution is 5.39. The first-order valence-electron chi connectivity index (χ1n) is 6.47. The van der Waals surface area contributed by atoms with Gasteiger partial charge in [0, 0.05) is 11.6 Å². The molecule has 2 rings (SSSR count). The van der Waals surface area contributed by atoms with Crippen LogP contribution in [0.3, 0.4) is 0 Å². The zero-order valence-electron chi connectivity index (χ0n) is 11.6. The molecule has 0 spiro atoms. The molecule has 3 nitrogen and oxygen atoms in total. The number of methoxy groups -OCH3 is 1. The lowest BCUT2D eigenvalue weighted by atomic mass is 9.99. The molecule has 0 heterocycles. The molecule has 0 saturated heterocycles. The molecule has 0 fully saturated rings. The second-order valence-corrected chi connectivity index (χ2v) is 4.37. The van der Waals surface area contributed by atoms with Crippen LogP contribution in [0.4, 0.5) is 4.39 Å². The third kappa shape index (κ3) is 3.08. The lowest BCUT2D eigenvalue weighted by Gasteiger charge is -2.15.